The molecule has 0 bridgehead atoms. The van der Waals surface area contributed by atoms with Crippen LogP contribution >= 0.6 is 11.3 Å². The Labute approximate surface area is 165 Å². The monoisotopic (exact) mass is 393 g/mol. The number of benzene rings is 2. The Kier molecular flexibility index (Phi) is 4.80. The van der Waals surface area contributed by atoms with Crippen molar-refractivity contribution >= 4 is 17.4 Å². The number of carboxylic acid groups (broad SMARTS) is 1. The Morgan fingerprint density at radius 3 is 3.00 bits per heavy atom. The normalized spacial score (nSPS) is 15.5. The Balaban J connectivity index is 1.72. The first-order valence-corrected chi connectivity index (χ1v) is 9.66. The molecule has 1 aliphatic rings. The van der Waals surface area contributed by atoms with E-state index in [-0.39, 0.29) is 11.6 Å². The minimum Gasteiger partial charge on any atom is -0.465 e. The molecule has 140 valence electrons. The molecule has 5 nitrogen and oxygen atoms in total. The van der Waals surface area contributed by atoms with Gasteiger partial charge in [-0.3, -0.25) is 0 Å². The fraction of sp³-hybridized carbons (Fsp3) is 0.190. The summed E-state index contributed by atoms with van der Waals surface area (Å²) in [5.74, 6) is -0.544. The number of rotatable bonds is 3. The topological polar surface area (TPSA) is 86.0 Å². The van der Waals surface area contributed by atoms with Crippen molar-refractivity contribution < 1.29 is 14.3 Å². The van der Waals surface area contributed by atoms with Gasteiger partial charge in [-0.15, -0.1) is 11.3 Å². The average Bonchev–Trinajstić information content (AvgIpc) is 3.18. The third-order valence-electron chi connectivity index (χ3n) is 4.91. The lowest BCUT2D eigenvalue weighted by molar-refractivity contribution is 0.188. The largest absolute Gasteiger partial charge is 0.465 e. The van der Waals surface area contributed by atoms with Gasteiger partial charge >= 0.3 is 6.09 Å². The molecule has 1 atom stereocenters. The highest BCUT2D eigenvalue weighted by molar-refractivity contribution is 7.18. The first-order chi connectivity index (χ1) is 13.6. The lowest BCUT2D eigenvalue weighted by Gasteiger charge is -2.27. The number of carbonyl (C=O) groups is 1. The van der Waals surface area contributed by atoms with Crippen LogP contribution in [0, 0.1) is 17.1 Å². The smallest absolute Gasteiger partial charge is 0.405 e. The first kappa shape index (κ1) is 18.1. The van der Waals surface area contributed by atoms with Gasteiger partial charge in [0.05, 0.1) is 16.5 Å². The molecule has 4 rings (SSSR count). The Morgan fingerprint density at radius 1 is 1.36 bits per heavy atom. The summed E-state index contributed by atoms with van der Waals surface area (Å²) >= 11 is 1.47. The molecule has 2 N–H and O–H groups in total. The van der Waals surface area contributed by atoms with Crippen LogP contribution in [0.3, 0.4) is 0 Å². The fourth-order valence-electron chi connectivity index (χ4n) is 3.65. The number of thiazole rings is 1. The number of hydrogen-bond acceptors (Lipinski definition) is 4. The Hall–Kier alpha value is -3.24. The summed E-state index contributed by atoms with van der Waals surface area (Å²) in [6.07, 6.45) is 3.33. The Bertz CT molecular complexity index is 1100. The maximum Gasteiger partial charge on any atom is 0.405 e. The van der Waals surface area contributed by atoms with Gasteiger partial charge in [-0.2, -0.15) is 5.26 Å². The summed E-state index contributed by atoms with van der Waals surface area (Å²) in [5, 5.41) is 21.5. The van der Waals surface area contributed by atoms with Crippen LogP contribution in [0.2, 0.25) is 0 Å². The SMILES string of the molecule is N#Cc1cc(-c2ncc(-c3cccc4c3CCCC4NC(=O)O)s2)ccc1F. The van der Waals surface area contributed by atoms with E-state index in [1.807, 2.05) is 24.3 Å². The summed E-state index contributed by atoms with van der Waals surface area (Å²) < 4.78 is 13.6. The average molecular weight is 393 g/mol. The molecule has 1 amide bonds. The number of fused-ring (bicyclic) bond motifs is 1. The van der Waals surface area contributed by atoms with E-state index in [1.54, 1.807) is 12.3 Å². The number of amides is 1. The maximum atomic E-state index is 13.6. The van der Waals surface area contributed by atoms with Gasteiger partial charge in [-0.05, 0) is 54.2 Å². The van der Waals surface area contributed by atoms with Gasteiger partial charge < -0.3 is 10.4 Å². The summed E-state index contributed by atoms with van der Waals surface area (Å²) in [4.78, 5) is 16.5. The molecule has 28 heavy (non-hydrogen) atoms. The standard InChI is InChI=1S/C21H16FN3O2S/c22-17-8-7-12(9-13(17)10-23)20-24-11-19(28-20)16-5-1-4-15-14(16)3-2-6-18(15)25-21(26)27/h1,4-5,7-9,11,18,25H,2-3,6H2,(H,26,27). The molecule has 0 radical (unpaired) electrons. The molecule has 0 spiro atoms. The number of nitrogens with one attached hydrogen (secondary N) is 1. The van der Waals surface area contributed by atoms with Crippen molar-refractivity contribution in [1.29, 1.82) is 5.26 Å². The van der Waals surface area contributed by atoms with E-state index >= 15 is 0 Å². The zero-order valence-electron chi connectivity index (χ0n) is 14.8. The van der Waals surface area contributed by atoms with Crippen molar-refractivity contribution in [1.82, 2.24) is 10.3 Å². The van der Waals surface area contributed by atoms with Crippen molar-refractivity contribution in [2.24, 2.45) is 0 Å². The van der Waals surface area contributed by atoms with Crippen molar-refractivity contribution in [3.05, 3.63) is 65.1 Å². The number of halogens is 1. The molecule has 2 aromatic carbocycles. The van der Waals surface area contributed by atoms with Crippen LogP contribution in [0.25, 0.3) is 21.0 Å². The van der Waals surface area contributed by atoms with Gasteiger partial charge in [0.1, 0.15) is 16.9 Å². The van der Waals surface area contributed by atoms with E-state index in [0.29, 0.717) is 10.6 Å². The van der Waals surface area contributed by atoms with Crippen molar-refractivity contribution in [3.63, 3.8) is 0 Å². The van der Waals surface area contributed by atoms with E-state index in [1.165, 1.54) is 23.5 Å². The van der Waals surface area contributed by atoms with Crippen molar-refractivity contribution in [2.75, 3.05) is 0 Å². The van der Waals surface area contributed by atoms with E-state index < -0.39 is 11.9 Å². The summed E-state index contributed by atoms with van der Waals surface area (Å²) in [6.45, 7) is 0. The highest BCUT2D eigenvalue weighted by Gasteiger charge is 2.24. The molecular weight excluding hydrogens is 377 g/mol. The van der Waals surface area contributed by atoms with Crippen LogP contribution < -0.4 is 5.32 Å². The predicted molar refractivity (Wildman–Crippen MR) is 104 cm³/mol. The molecule has 3 aromatic rings. The Morgan fingerprint density at radius 2 is 2.21 bits per heavy atom. The summed E-state index contributed by atoms with van der Waals surface area (Å²) in [5.41, 5.74) is 3.88. The van der Waals surface area contributed by atoms with Gasteiger partial charge in [0.15, 0.2) is 0 Å². The summed E-state index contributed by atoms with van der Waals surface area (Å²) in [7, 11) is 0. The van der Waals surface area contributed by atoms with E-state index in [4.69, 9.17) is 10.4 Å². The molecule has 1 aliphatic carbocycles. The molecule has 7 heteroatoms. The molecule has 1 unspecified atom stereocenters. The number of hydrogen-bond donors (Lipinski definition) is 2. The molecular formula is C21H16FN3O2S. The second-order valence-corrected chi connectivity index (χ2v) is 7.63. The van der Waals surface area contributed by atoms with Crippen molar-refractivity contribution in [2.45, 2.75) is 25.3 Å². The molecule has 1 heterocycles. The minimum absolute atomic E-state index is 0.00562. The zero-order valence-corrected chi connectivity index (χ0v) is 15.6. The maximum absolute atomic E-state index is 13.6. The second kappa shape index (κ2) is 7.41. The third kappa shape index (κ3) is 3.35. The van der Waals surface area contributed by atoms with Gasteiger partial charge in [0, 0.05) is 11.8 Å². The number of nitriles is 1. The molecule has 1 aromatic heterocycles. The zero-order chi connectivity index (χ0) is 19.7. The quantitative estimate of drug-likeness (QED) is 0.646. The first-order valence-electron chi connectivity index (χ1n) is 8.84. The van der Waals surface area contributed by atoms with Crippen LogP contribution in [-0.4, -0.2) is 16.2 Å². The third-order valence-corrected chi connectivity index (χ3v) is 5.99. The van der Waals surface area contributed by atoms with Gasteiger partial charge in [-0.1, -0.05) is 18.2 Å². The minimum atomic E-state index is -1.02. The second-order valence-electron chi connectivity index (χ2n) is 6.60. The van der Waals surface area contributed by atoms with Crippen LogP contribution in [0.4, 0.5) is 9.18 Å². The highest BCUT2D eigenvalue weighted by atomic mass is 32.1. The molecule has 0 fully saturated rings. The van der Waals surface area contributed by atoms with Crippen molar-refractivity contribution in [3.8, 4) is 27.1 Å². The predicted octanol–water partition coefficient (Wildman–Crippen LogP) is 5.13. The molecule has 0 saturated heterocycles. The van der Waals surface area contributed by atoms with E-state index in [9.17, 15) is 9.18 Å². The van der Waals surface area contributed by atoms with E-state index in [0.717, 1.165) is 40.8 Å². The van der Waals surface area contributed by atoms with Crippen LogP contribution in [0.15, 0.2) is 42.6 Å². The lowest BCUT2D eigenvalue weighted by atomic mass is 9.84. The van der Waals surface area contributed by atoms with Crippen LogP contribution in [0.5, 0.6) is 0 Å². The van der Waals surface area contributed by atoms with Gasteiger partial charge in [0.25, 0.3) is 0 Å². The van der Waals surface area contributed by atoms with Crippen LogP contribution in [0.1, 0.15) is 35.6 Å². The highest BCUT2D eigenvalue weighted by Crippen LogP contribution is 2.39. The molecule has 0 aliphatic heterocycles. The number of aromatic nitrogens is 1. The molecule has 0 saturated carbocycles. The van der Waals surface area contributed by atoms with Crippen LogP contribution in [-0.2, 0) is 6.42 Å². The van der Waals surface area contributed by atoms with Gasteiger partial charge in [-0.25, -0.2) is 14.2 Å². The van der Waals surface area contributed by atoms with Gasteiger partial charge in [0.2, 0.25) is 0 Å². The number of nitrogens with zero attached hydrogens (tertiary/aromatic N) is 2. The van der Waals surface area contributed by atoms with E-state index in [2.05, 4.69) is 10.3 Å². The summed E-state index contributed by atoms with van der Waals surface area (Å²) in [6, 6.07) is 12.0. The fourth-order valence-corrected chi connectivity index (χ4v) is 4.62. The lowest BCUT2D eigenvalue weighted by Crippen LogP contribution is -2.29.